The van der Waals surface area contributed by atoms with Crippen molar-refractivity contribution >= 4 is 44.2 Å². The van der Waals surface area contributed by atoms with Gasteiger partial charge in [-0.1, -0.05) is 0 Å². The number of halogens is 2. The molecule has 1 N–H and O–H groups in total. The summed E-state index contributed by atoms with van der Waals surface area (Å²) >= 11 is 5.62. The van der Waals surface area contributed by atoms with Gasteiger partial charge in [0.25, 0.3) is 0 Å². The number of nitrogens with zero attached hydrogens (tertiary/aromatic N) is 1. The molecule has 1 aromatic rings. The summed E-state index contributed by atoms with van der Waals surface area (Å²) in [5, 5.41) is 11.3. The van der Waals surface area contributed by atoms with Crippen molar-refractivity contribution in [2.75, 3.05) is 11.9 Å². The molecule has 62 valence electrons. The lowest BCUT2D eigenvalue weighted by atomic mass is 10.3. The highest BCUT2D eigenvalue weighted by Gasteiger charge is 1.98. The Labute approximate surface area is 93.2 Å². The van der Waals surface area contributed by atoms with Crippen LogP contribution in [0.5, 0.6) is 0 Å². The maximum atomic E-state index is 8.36. The highest BCUT2D eigenvalue weighted by molar-refractivity contribution is 14.1. The number of hydrogen-bond donors (Lipinski definition) is 1. The molecule has 1 rings (SSSR count). The predicted molar refractivity (Wildman–Crippen MR) is 61.0 cm³/mol. The van der Waals surface area contributed by atoms with Crippen LogP contribution in [0.15, 0.2) is 22.7 Å². The molecule has 2 nitrogen and oxygen atoms in total. The van der Waals surface area contributed by atoms with Crippen molar-refractivity contribution in [1.82, 2.24) is 0 Å². The Morgan fingerprint density at radius 2 is 2.33 bits per heavy atom. The first-order valence-corrected chi connectivity index (χ1v) is 5.17. The molecular weight excluding hydrogens is 331 g/mol. The molecule has 0 atom stereocenters. The summed E-state index contributed by atoms with van der Waals surface area (Å²) in [5.74, 6) is 0. The van der Waals surface area contributed by atoms with Gasteiger partial charge in [0.05, 0.1) is 11.8 Å². The first-order valence-electron chi connectivity index (χ1n) is 3.30. The number of hydrogen-bond acceptors (Lipinski definition) is 2. The van der Waals surface area contributed by atoms with Crippen molar-refractivity contribution in [3.05, 3.63) is 26.2 Å². The molecule has 0 amide bonds. The molecule has 0 heterocycles. The van der Waals surface area contributed by atoms with E-state index < -0.39 is 0 Å². The van der Waals surface area contributed by atoms with Gasteiger partial charge in [-0.3, -0.25) is 0 Å². The summed E-state index contributed by atoms with van der Waals surface area (Å²) in [6, 6.07) is 7.98. The lowest BCUT2D eigenvalue weighted by Crippen LogP contribution is -1.98. The second-order valence-corrected chi connectivity index (χ2v) is 4.24. The Morgan fingerprint density at radius 3 is 3.00 bits per heavy atom. The first kappa shape index (κ1) is 9.81. The Morgan fingerprint density at radius 1 is 1.58 bits per heavy atom. The van der Waals surface area contributed by atoms with Gasteiger partial charge in [0.2, 0.25) is 0 Å². The molecule has 0 spiro atoms. The smallest absolute Gasteiger partial charge is 0.103 e. The van der Waals surface area contributed by atoms with Crippen molar-refractivity contribution in [3.63, 3.8) is 0 Å². The Hall–Kier alpha value is -0.280. The quantitative estimate of drug-likeness (QED) is 0.665. The summed E-state index contributed by atoms with van der Waals surface area (Å²) in [6.45, 7) is 0.332. The molecule has 0 bridgehead atoms. The topological polar surface area (TPSA) is 35.8 Å². The lowest BCUT2D eigenvalue weighted by molar-refractivity contribution is 1.31. The van der Waals surface area contributed by atoms with E-state index in [4.69, 9.17) is 5.26 Å². The number of benzene rings is 1. The van der Waals surface area contributed by atoms with E-state index in [1.165, 1.54) is 0 Å². The molecule has 0 saturated carbocycles. The molecule has 0 fully saturated rings. The van der Waals surface area contributed by atoms with E-state index in [-0.39, 0.29) is 0 Å². The molecule has 0 aliphatic rings. The van der Waals surface area contributed by atoms with Gasteiger partial charge in [-0.25, -0.2) is 0 Å². The minimum Gasteiger partial charge on any atom is -0.371 e. The fourth-order valence-electron chi connectivity index (χ4n) is 0.768. The van der Waals surface area contributed by atoms with Crippen molar-refractivity contribution in [2.45, 2.75) is 0 Å². The minimum atomic E-state index is 0.332. The zero-order chi connectivity index (χ0) is 8.97. The van der Waals surface area contributed by atoms with Crippen LogP contribution in [-0.2, 0) is 0 Å². The molecule has 1 aromatic carbocycles. The molecule has 0 aliphatic carbocycles. The second kappa shape index (κ2) is 4.67. The van der Waals surface area contributed by atoms with Gasteiger partial charge in [0, 0.05) is 8.04 Å². The molecule has 0 aromatic heterocycles. The molecular formula is C8H6BrIN2. The van der Waals surface area contributed by atoms with Crippen LogP contribution in [0.25, 0.3) is 0 Å². The van der Waals surface area contributed by atoms with Crippen LogP contribution in [0.3, 0.4) is 0 Å². The summed E-state index contributed by atoms with van der Waals surface area (Å²) in [5.41, 5.74) is 0.962. The predicted octanol–water partition coefficient (Wildman–Crippen LogP) is 2.99. The highest BCUT2D eigenvalue weighted by Crippen LogP contribution is 2.23. The second-order valence-electron chi connectivity index (χ2n) is 2.14. The van der Waals surface area contributed by atoms with Crippen LogP contribution < -0.4 is 5.32 Å². The average Bonchev–Trinajstić information content (AvgIpc) is 2.07. The molecule has 4 heteroatoms. The van der Waals surface area contributed by atoms with E-state index >= 15 is 0 Å². The SMILES string of the molecule is N#CCNc1cc(I)ccc1Br. The van der Waals surface area contributed by atoms with E-state index in [2.05, 4.69) is 43.8 Å². The fourth-order valence-corrected chi connectivity index (χ4v) is 1.65. The number of nitriles is 1. The number of rotatable bonds is 2. The largest absolute Gasteiger partial charge is 0.371 e. The third kappa shape index (κ3) is 2.64. The van der Waals surface area contributed by atoms with Gasteiger partial charge in [0.15, 0.2) is 0 Å². The maximum Gasteiger partial charge on any atom is 0.103 e. The van der Waals surface area contributed by atoms with Crippen molar-refractivity contribution in [3.8, 4) is 6.07 Å². The maximum absolute atomic E-state index is 8.36. The van der Waals surface area contributed by atoms with E-state index in [0.717, 1.165) is 13.7 Å². The zero-order valence-electron chi connectivity index (χ0n) is 6.14. The van der Waals surface area contributed by atoms with Gasteiger partial charge in [-0.05, 0) is 56.7 Å². The molecule has 0 unspecified atom stereocenters. The van der Waals surface area contributed by atoms with Crippen LogP contribution in [0.2, 0.25) is 0 Å². The third-order valence-corrected chi connectivity index (χ3v) is 2.65. The minimum absolute atomic E-state index is 0.332. The van der Waals surface area contributed by atoms with Gasteiger partial charge in [0.1, 0.15) is 6.54 Å². The van der Waals surface area contributed by atoms with Gasteiger partial charge >= 0.3 is 0 Å². The highest BCUT2D eigenvalue weighted by atomic mass is 127. The van der Waals surface area contributed by atoms with Crippen molar-refractivity contribution in [2.24, 2.45) is 0 Å². The van der Waals surface area contributed by atoms with Crippen LogP contribution >= 0.6 is 38.5 Å². The number of anilines is 1. The van der Waals surface area contributed by atoms with Crippen LogP contribution in [0.4, 0.5) is 5.69 Å². The van der Waals surface area contributed by atoms with Crippen LogP contribution in [-0.4, -0.2) is 6.54 Å². The molecule has 0 aliphatic heterocycles. The first-order chi connectivity index (χ1) is 5.74. The van der Waals surface area contributed by atoms with Crippen molar-refractivity contribution in [1.29, 1.82) is 5.26 Å². The zero-order valence-corrected chi connectivity index (χ0v) is 9.89. The monoisotopic (exact) mass is 336 g/mol. The standard InChI is InChI=1S/C8H6BrIN2/c9-7-2-1-6(10)5-8(7)12-4-3-11/h1-2,5,12H,4H2. The van der Waals surface area contributed by atoms with E-state index in [9.17, 15) is 0 Å². The van der Waals surface area contributed by atoms with Crippen molar-refractivity contribution < 1.29 is 0 Å². The Bertz CT molecular complexity index is 319. The lowest BCUT2D eigenvalue weighted by Gasteiger charge is -2.04. The Balaban J connectivity index is 2.84. The number of nitrogens with one attached hydrogen (secondary N) is 1. The van der Waals surface area contributed by atoms with Gasteiger partial charge in [-0.15, -0.1) is 0 Å². The van der Waals surface area contributed by atoms with Gasteiger partial charge in [-0.2, -0.15) is 5.26 Å². The molecule has 0 radical (unpaired) electrons. The summed E-state index contributed by atoms with van der Waals surface area (Å²) in [7, 11) is 0. The molecule has 12 heavy (non-hydrogen) atoms. The third-order valence-electron chi connectivity index (χ3n) is 1.29. The summed E-state index contributed by atoms with van der Waals surface area (Å²) in [6.07, 6.45) is 0. The average molecular weight is 337 g/mol. The van der Waals surface area contributed by atoms with Crippen LogP contribution in [0.1, 0.15) is 0 Å². The summed E-state index contributed by atoms with van der Waals surface area (Å²) in [4.78, 5) is 0. The van der Waals surface area contributed by atoms with E-state index in [0.29, 0.717) is 6.54 Å². The van der Waals surface area contributed by atoms with Gasteiger partial charge < -0.3 is 5.32 Å². The van der Waals surface area contributed by atoms with Crippen LogP contribution in [0, 0.1) is 14.9 Å². The fraction of sp³-hybridized carbons (Fsp3) is 0.125. The Kier molecular flexibility index (Phi) is 3.82. The molecule has 0 saturated heterocycles. The van der Waals surface area contributed by atoms with E-state index in [1.807, 2.05) is 24.3 Å². The normalized spacial score (nSPS) is 9.08. The van der Waals surface area contributed by atoms with E-state index in [1.54, 1.807) is 0 Å². The summed E-state index contributed by atoms with van der Waals surface area (Å²) < 4.78 is 2.13.